The van der Waals surface area contributed by atoms with Crippen molar-refractivity contribution >= 4 is 12.4 Å². The number of nitrogens with zero attached hydrogens (tertiary/aromatic N) is 1. The Balaban J connectivity index is 0.000000980. The Kier molecular flexibility index (Phi) is 4.87. The van der Waals surface area contributed by atoms with Gasteiger partial charge in [-0.15, -0.1) is 12.4 Å². The lowest BCUT2D eigenvalue weighted by molar-refractivity contribution is 0.0770. The summed E-state index contributed by atoms with van der Waals surface area (Å²) in [5.41, 5.74) is 1.32. The Morgan fingerprint density at radius 2 is 2.21 bits per heavy atom. The van der Waals surface area contributed by atoms with Crippen molar-refractivity contribution < 1.29 is 4.74 Å². The topological polar surface area (TPSA) is 34.1 Å². The Bertz CT molecular complexity index is 250. The molecule has 1 atom stereocenters. The van der Waals surface area contributed by atoms with Crippen molar-refractivity contribution in [3.8, 4) is 0 Å². The van der Waals surface area contributed by atoms with E-state index >= 15 is 0 Å². The molecular formula is C10H15ClN2O. The van der Waals surface area contributed by atoms with Gasteiger partial charge in [-0.3, -0.25) is 4.98 Å². The molecule has 4 heteroatoms. The number of pyridine rings is 1. The molecule has 2 heterocycles. The lowest BCUT2D eigenvalue weighted by Gasteiger charge is -2.23. The van der Waals surface area contributed by atoms with E-state index in [1.165, 1.54) is 5.56 Å². The van der Waals surface area contributed by atoms with E-state index in [4.69, 9.17) is 4.74 Å². The number of hydrogen-bond donors (Lipinski definition) is 1. The summed E-state index contributed by atoms with van der Waals surface area (Å²) < 4.78 is 5.38. The van der Waals surface area contributed by atoms with Crippen molar-refractivity contribution in [3.05, 3.63) is 30.1 Å². The second-order valence-corrected chi connectivity index (χ2v) is 3.29. The normalized spacial score (nSPS) is 21.3. The van der Waals surface area contributed by atoms with Crippen LogP contribution in [0, 0.1) is 0 Å². The highest BCUT2D eigenvalue weighted by molar-refractivity contribution is 5.85. The van der Waals surface area contributed by atoms with Crippen LogP contribution in [0.2, 0.25) is 0 Å². The zero-order valence-corrected chi connectivity index (χ0v) is 8.80. The molecule has 2 rings (SSSR count). The molecular weight excluding hydrogens is 200 g/mol. The standard InChI is InChI=1S/C10H14N2O.ClH/c1-3-11-4-2-9(1)7-10-8-13-6-5-12-10;/h1-4,10,12H,5-8H2;1H. The number of hydrogen-bond acceptors (Lipinski definition) is 3. The zero-order valence-electron chi connectivity index (χ0n) is 7.98. The molecule has 0 saturated carbocycles. The van der Waals surface area contributed by atoms with Gasteiger partial charge in [-0.05, 0) is 24.1 Å². The van der Waals surface area contributed by atoms with Crippen LogP contribution in [0.3, 0.4) is 0 Å². The predicted octanol–water partition coefficient (Wildman–Crippen LogP) is 1.03. The minimum Gasteiger partial charge on any atom is -0.379 e. The van der Waals surface area contributed by atoms with E-state index in [0.717, 1.165) is 26.2 Å². The maximum atomic E-state index is 5.38. The molecule has 3 nitrogen and oxygen atoms in total. The van der Waals surface area contributed by atoms with Gasteiger partial charge in [-0.1, -0.05) is 0 Å². The molecule has 1 saturated heterocycles. The molecule has 78 valence electrons. The van der Waals surface area contributed by atoms with Crippen molar-refractivity contribution in [2.75, 3.05) is 19.8 Å². The summed E-state index contributed by atoms with van der Waals surface area (Å²) in [6.45, 7) is 2.63. The van der Waals surface area contributed by atoms with Gasteiger partial charge in [-0.2, -0.15) is 0 Å². The Morgan fingerprint density at radius 1 is 1.43 bits per heavy atom. The second kappa shape index (κ2) is 5.96. The monoisotopic (exact) mass is 214 g/mol. The predicted molar refractivity (Wildman–Crippen MR) is 57.8 cm³/mol. The summed E-state index contributed by atoms with van der Waals surface area (Å²) in [6.07, 6.45) is 4.69. The van der Waals surface area contributed by atoms with Crippen LogP contribution < -0.4 is 5.32 Å². The van der Waals surface area contributed by atoms with E-state index in [1.54, 1.807) is 0 Å². The minimum atomic E-state index is 0. The fourth-order valence-electron chi connectivity index (χ4n) is 1.55. The number of aromatic nitrogens is 1. The SMILES string of the molecule is Cl.c1cc(CC2COCCN2)ccn1. The molecule has 0 spiro atoms. The highest BCUT2D eigenvalue weighted by atomic mass is 35.5. The molecule has 0 radical (unpaired) electrons. The third kappa shape index (κ3) is 3.25. The van der Waals surface area contributed by atoms with Gasteiger partial charge in [0.2, 0.25) is 0 Å². The van der Waals surface area contributed by atoms with Crippen molar-refractivity contribution in [1.82, 2.24) is 10.3 Å². The molecule has 0 aliphatic carbocycles. The quantitative estimate of drug-likeness (QED) is 0.799. The molecule has 1 fully saturated rings. The van der Waals surface area contributed by atoms with E-state index in [0.29, 0.717) is 6.04 Å². The number of rotatable bonds is 2. The maximum Gasteiger partial charge on any atom is 0.0623 e. The molecule has 1 unspecified atom stereocenters. The molecule has 0 aromatic carbocycles. The fourth-order valence-corrected chi connectivity index (χ4v) is 1.55. The van der Waals surface area contributed by atoms with Crippen LogP contribution in [-0.2, 0) is 11.2 Å². The van der Waals surface area contributed by atoms with Crippen molar-refractivity contribution in [2.24, 2.45) is 0 Å². The highest BCUT2D eigenvalue weighted by Gasteiger charge is 2.12. The van der Waals surface area contributed by atoms with Crippen LogP contribution in [0.25, 0.3) is 0 Å². The van der Waals surface area contributed by atoms with Crippen molar-refractivity contribution in [3.63, 3.8) is 0 Å². The van der Waals surface area contributed by atoms with E-state index in [1.807, 2.05) is 12.4 Å². The van der Waals surface area contributed by atoms with Crippen molar-refractivity contribution in [1.29, 1.82) is 0 Å². The first-order valence-electron chi connectivity index (χ1n) is 4.65. The number of halogens is 1. The average Bonchev–Trinajstić information content (AvgIpc) is 2.21. The molecule has 1 aromatic heterocycles. The summed E-state index contributed by atoms with van der Waals surface area (Å²) in [7, 11) is 0. The smallest absolute Gasteiger partial charge is 0.0623 e. The summed E-state index contributed by atoms with van der Waals surface area (Å²) in [6, 6.07) is 4.57. The van der Waals surface area contributed by atoms with Gasteiger partial charge >= 0.3 is 0 Å². The first-order valence-corrected chi connectivity index (χ1v) is 4.65. The van der Waals surface area contributed by atoms with Crippen molar-refractivity contribution in [2.45, 2.75) is 12.5 Å². The molecule has 14 heavy (non-hydrogen) atoms. The van der Waals surface area contributed by atoms with Gasteiger partial charge in [0.1, 0.15) is 0 Å². The van der Waals surface area contributed by atoms with Crippen LogP contribution in [0.15, 0.2) is 24.5 Å². The Hall–Kier alpha value is -0.640. The molecule has 1 N–H and O–H groups in total. The number of nitrogens with one attached hydrogen (secondary N) is 1. The van der Waals surface area contributed by atoms with Crippen LogP contribution in [0.1, 0.15) is 5.56 Å². The largest absolute Gasteiger partial charge is 0.379 e. The lowest BCUT2D eigenvalue weighted by atomic mass is 10.1. The van der Waals surface area contributed by atoms with E-state index in [9.17, 15) is 0 Å². The third-order valence-corrected chi connectivity index (χ3v) is 2.23. The van der Waals surface area contributed by atoms with Crippen LogP contribution >= 0.6 is 12.4 Å². The summed E-state index contributed by atoms with van der Waals surface area (Å²) >= 11 is 0. The van der Waals surface area contributed by atoms with Gasteiger partial charge in [0.05, 0.1) is 13.2 Å². The Morgan fingerprint density at radius 3 is 2.86 bits per heavy atom. The van der Waals surface area contributed by atoms with Gasteiger partial charge in [0.25, 0.3) is 0 Å². The highest BCUT2D eigenvalue weighted by Crippen LogP contribution is 2.03. The van der Waals surface area contributed by atoms with Gasteiger partial charge in [0.15, 0.2) is 0 Å². The zero-order chi connectivity index (χ0) is 8.93. The molecule has 1 aliphatic heterocycles. The average molecular weight is 215 g/mol. The Labute approximate surface area is 90.3 Å². The molecule has 0 bridgehead atoms. The number of ether oxygens (including phenoxy) is 1. The van der Waals surface area contributed by atoms with E-state index in [2.05, 4.69) is 22.4 Å². The van der Waals surface area contributed by atoms with E-state index in [-0.39, 0.29) is 12.4 Å². The first-order chi connectivity index (χ1) is 6.45. The van der Waals surface area contributed by atoms with Gasteiger partial charge in [-0.25, -0.2) is 0 Å². The lowest BCUT2D eigenvalue weighted by Crippen LogP contribution is -2.42. The second-order valence-electron chi connectivity index (χ2n) is 3.29. The van der Waals surface area contributed by atoms with Gasteiger partial charge < -0.3 is 10.1 Å². The molecule has 1 aromatic rings. The molecule has 0 amide bonds. The summed E-state index contributed by atoms with van der Waals surface area (Å²) in [5.74, 6) is 0. The van der Waals surface area contributed by atoms with Crippen LogP contribution in [0.4, 0.5) is 0 Å². The van der Waals surface area contributed by atoms with E-state index < -0.39 is 0 Å². The number of morpholine rings is 1. The maximum absolute atomic E-state index is 5.38. The first kappa shape index (κ1) is 11.4. The van der Waals surface area contributed by atoms with Crippen LogP contribution in [0.5, 0.6) is 0 Å². The third-order valence-electron chi connectivity index (χ3n) is 2.23. The summed E-state index contributed by atoms with van der Waals surface area (Å²) in [4.78, 5) is 3.99. The minimum absolute atomic E-state index is 0. The van der Waals surface area contributed by atoms with Gasteiger partial charge in [0, 0.05) is 25.0 Å². The van der Waals surface area contributed by atoms with Crippen LogP contribution in [-0.4, -0.2) is 30.8 Å². The molecule has 1 aliphatic rings. The fraction of sp³-hybridized carbons (Fsp3) is 0.500. The summed E-state index contributed by atoms with van der Waals surface area (Å²) in [5, 5.41) is 3.42.